The van der Waals surface area contributed by atoms with E-state index < -0.39 is 0 Å². The molecule has 0 spiro atoms. The molecule has 0 atom stereocenters. The van der Waals surface area contributed by atoms with Gasteiger partial charge in [-0.1, -0.05) is 49.6 Å². The van der Waals surface area contributed by atoms with Gasteiger partial charge in [0.05, 0.1) is 12.7 Å². The van der Waals surface area contributed by atoms with Crippen molar-refractivity contribution in [1.82, 2.24) is 15.0 Å². The summed E-state index contributed by atoms with van der Waals surface area (Å²) in [7, 11) is 0. The third-order valence-electron chi connectivity index (χ3n) is 2.85. The Bertz CT molecular complexity index is 457. The number of hydrogen-bond acceptors (Lipinski definition) is 2. The number of unbranched alkanes of at least 4 members (excludes halogenated alkanes) is 2. The predicted octanol–water partition coefficient (Wildman–Crippen LogP) is 3.44. The van der Waals surface area contributed by atoms with E-state index in [1.807, 2.05) is 6.20 Å². The van der Waals surface area contributed by atoms with E-state index in [9.17, 15) is 0 Å². The minimum atomic E-state index is 0.916. The first-order chi connectivity index (χ1) is 8.29. The van der Waals surface area contributed by atoms with Crippen molar-refractivity contribution in [3.05, 3.63) is 36.0 Å². The van der Waals surface area contributed by atoms with E-state index in [4.69, 9.17) is 0 Å². The van der Waals surface area contributed by atoms with E-state index in [0.717, 1.165) is 24.2 Å². The molecule has 0 aliphatic heterocycles. The van der Waals surface area contributed by atoms with Crippen LogP contribution in [0.25, 0.3) is 11.3 Å². The molecule has 2 rings (SSSR count). The highest BCUT2D eigenvalue weighted by Crippen LogP contribution is 2.16. The standard InChI is InChI=1S/C14H19N3/c1-3-4-5-10-17-15-11-14(16-17)13-8-6-12(2)7-9-13/h6-9,11H,3-5,10H2,1-2H3. The van der Waals surface area contributed by atoms with Gasteiger partial charge in [0.1, 0.15) is 5.69 Å². The first-order valence-corrected chi connectivity index (χ1v) is 6.27. The molecule has 0 unspecified atom stereocenters. The maximum atomic E-state index is 4.49. The third kappa shape index (κ3) is 3.16. The highest BCUT2D eigenvalue weighted by Gasteiger charge is 2.02. The summed E-state index contributed by atoms with van der Waals surface area (Å²) in [5, 5.41) is 8.78. The topological polar surface area (TPSA) is 30.7 Å². The van der Waals surface area contributed by atoms with Gasteiger partial charge in [-0.15, -0.1) is 0 Å². The predicted molar refractivity (Wildman–Crippen MR) is 69.7 cm³/mol. The van der Waals surface area contributed by atoms with Gasteiger partial charge >= 0.3 is 0 Å². The lowest BCUT2D eigenvalue weighted by Crippen LogP contribution is -2.02. The lowest BCUT2D eigenvalue weighted by Gasteiger charge is -1.98. The molecule has 0 aliphatic rings. The van der Waals surface area contributed by atoms with Gasteiger partial charge in [0.25, 0.3) is 0 Å². The summed E-state index contributed by atoms with van der Waals surface area (Å²) in [6.45, 7) is 5.21. The average molecular weight is 229 g/mol. The molecule has 0 aliphatic carbocycles. The summed E-state index contributed by atoms with van der Waals surface area (Å²) in [6.07, 6.45) is 5.46. The molecule has 90 valence electrons. The number of aromatic nitrogens is 3. The third-order valence-corrected chi connectivity index (χ3v) is 2.85. The summed E-state index contributed by atoms with van der Waals surface area (Å²) >= 11 is 0. The fourth-order valence-corrected chi connectivity index (χ4v) is 1.76. The fraction of sp³-hybridized carbons (Fsp3) is 0.429. The molecule has 0 fully saturated rings. The van der Waals surface area contributed by atoms with Crippen LogP contribution in [-0.2, 0) is 6.54 Å². The van der Waals surface area contributed by atoms with Gasteiger partial charge < -0.3 is 0 Å². The van der Waals surface area contributed by atoms with E-state index in [1.54, 1.807) is 4.80 Å². The zero-order chi connectivity index (χ0) is 12.1. The average Bonchev–Trinajstić information content (AvgIpc) is 2.79. The maximum Gasteiger partial charge on any atom is 0.113 e. The van der Waals surface area contributed by atoms with Crippen molar-refractivity contribution in [3.8, 4) is 11.3 Å². The van der Waals surface area contributed by atoms with Gasteiger partial charge in [0, 0.05) is 5.56 Å². The number of benzene rings is 1. The van der Waals surface area contributed by atoms with Crippen LogP contribution < -0.4 is 0 Å². The van der Waals surface area contributed by atoms with Crippen molar-refractivity contribution in [1.29, 1.82) is 0 Å². The van der Waals surface area contributed by atoms with Gasteiger partial charge in [-0.2, -0.15) is 15.0 Å². The molecular formula is C14H19N3. The van der Waals surface area contributed by atoms with Crippen molar-refractivity contribution < 1.29 is 0 Å². The van der Waals surface area contributed by atoms with Gasteiger partial charge in [0.15, 0.2) is 0 Å². The Balaban J connectivity index is 2.04. The molecule has 0 N–H and O–H groups in total. The SMILES string of the molecule is CCCCCn1ncc(-c2ccc(C)cc2)n1. The second kappa shape index (κ2) is 5.62. The summed E-state index contributed by atoms with van der Waals surface area (Å²) in [4.78, 5) is 1.80. The van der Waals surface area contributed by atoms with Crippen LogP contribution in [0.5, 0.6) is 0 Å². The zero-order valence-corrected chi connectivity index (χ0v) is 10.6. The van der Waals surface area contributed by atoms with Crippen LogP contribution in [0.15, 0.2) is 30.5 Å². The van der Waals surface area contributed by atoms with Crippen LogP contribution in [-0.4, -0.2) is 15.0 Å². The Morgan fingerprint density at radius 3 is 2.59 bits per heavy atom. The molecule has 0 saturated carbocycles. The number of hydrogen-bond donors (Lipinski definition) is 0. The Labute approximate surface area is 102 Å². The largest absolute Gasteiger partial charge is 0.184 e. The summed E-state index contributed by atoms with van der Waals surface area (Å²) in [5.41, 5.74) is 3.36. The van der Waals surface area contributed by atoms with E-state index >= 15 is 0 Å². The minimum Gasteiger partial charge on any atom is -0.184 e. The van der Waals surface area contributed by atoms with Crippen LogP contribution in [0.4, 0.5) is 0 Å². The van der Waals surface area contributed by atoms with Crippen molar-refractivity contribution >= 4 is 0 Å². The van der Waals surface area contributed by atoms with Gasteiger partial charge in [-0.3, -0.25) is 0 Å². The molecule has 3 heteroatoms. The van der Waals surface area contributed by atoms with Crippen molar-refractivity contribution in [2.24, 2.45) is 0 Å². The first-order valence-electron chi connectivity index (χ1n) is 6.27. The first kappa shape index (κ1) is 11.8. The van der Waals surface area contributed by atoms with Gasteiger partial charge in [-0.25, -0.2) is 0 Å². The minimum absolute atomic E-state index is 0.916. The van der Waals surface area contributed by atoms with E-state index in [1.165, 1.54) is 18.4 Å². The summed E-state index contributed by atoms with van der Waals surface area (Å²) < 4.78 is 0. The molecule has 1 aromatic heterocycles. The molecular weight excluding hydrogens is 210 g/mol. The highest BCUT2D eigenvalue weighted by atomic mass is 15.5. The van der Waals surface area contributed by atoms with E-state index in [2.05, 4.69) is 48.3 Å². The smallest absolute Gasteiger partial charge is 0.113 e. The van der Waals surface area contributed by atoms with Crippen LogP contribution in [0.1, 0.15) is 31.7 Å². The Morgan fingerprint density at radius 2 is 1.88 bits per heavy atom. The Kier molecular flexibility index (Phi) is 3.91. The summed E-state index contributed by atoms with van der Waals surface area (Å²) in [6, 6.07) is 8.39. The van der Waals surface area contributed by atoms with Gasteiger partial charge in [-0.05, 0) is 13.3 Å². The molecule has 0 saturated heterocycles. The normalized spacial score (nSPS) is 10.7. The second-order valence-electron chi connectivity index (χ2n) is 4.40. The number of rotatable bonds is 5. The fourth-order valence-electron chi connectivity index (χ4n) is 1.76. The second-order valence-corrected chi connectivity index (χ2v) is 4.40. The molecule has 17 heavy (non-hydrogen) atoms. The van der Waals surface area contributed by atoms with Crippen LogP contribution in [0.2, 0.25) is 0 Å². The quantitative estimate of drug-likeness (QED) is 0.735. The maximum absolute atomic E-state index is 4.49. The van der Waals surface area contributed by atoms with E-state index in [0.29, 0.717) is 0 Å². The highest BCUT2D eigenvalue weighted by molar-refractivity contribution is 5.57. The Morgan fingerprint density at radius 1 is 1.12 bits per heavy atom. The molecule has 0 bridgehead atoms. The van der Waals surface area contributed by atoms with E-state index in [-0.39, 0.29) is 0 Å². The molecule has 0 amide bonds. The lowest BCUT2D eigenvalue weighted by atomic mass is 10.1. The van der Waals surface area contributed by atoms with Crippen LogP contribution >= 0.6 is 0 Å². The molecule has 1 heterocycles. The number of aryl methyl sites for hydroxylation is 2. The van der Waals surface area contributed by atoms with Crippen molar-refractivity contribution in [2.45, 2.75) is 39.7 Å². The monoisotopic (exact) mass is 229 g/mol. The zero-order valence-electron chi connectivity index (χ0n) is 10.6. The van der Waals surface area contributed by atoms with Gasteiger partial charge in [0.2, 0.25) is 0 Å². The summed E-state index contributed by atoms with van der Waals surface area (Å²) in [5.74, 6) is 0. The molecule has 1 aromatic carbocycles. The lowest BCUT2D eigenvalue weighted by molar-refractivity contribution is 0.497. The molecule has 3 nitrogen and oxygen atoms in total. The van der Waals surface area contributed by atoms with Crippen LogP contribution in [0.3, 0.4) is 0 Å². The van der Waals surface area contributed by atoms with Crippen LogP contribution in [0, 0.1) is 6.92 Å². The molecule has 2 aromatic rings. The number of nitrogens with zero attached hydrogens (tertiary/aromatic N) is 3. The van der Waals surface area contributed by atoms with Crippen molar-refractivity contribution in [3.63, 3.8) is 0 Å². The Hall–Kier alpha value is -1.64. The van der Waals surface area contributed by atoms with Crippen molar-refractivity contribution in [2.75, 3.05) is 0 Å². The molecule has 0 radical (unpaired) electrons.